The standard InChI is InChI=1S/C22H19NO3.ClH/c1-26-21-4-2-3-18(15-21)6-5-17-11-13-23(14-12-17)16-19-7-9-20(10-8-19)22(24)25;/h2-15H,16H2,1H3;1H/b6-5-;. The lowest BCUT2D eigenvalue weighted by Crippen LogP contribution is -3.00. The molecule has 0 amide bonds. The Morgan fingerprint density at radius 2 is 1.67 bits per heavy atom. The van der Waals surface area contributed by atoms with Crippen molar-refractivity contribution >= 4 is 18.1 Å². The van der Waals surface area contributed by atoms with Gasteiger partial charge < -0.3 is 22.3 Å². The largest absolute Gasteiger partial charge is 1.00 e. The number of hydrogen-bond acceptors (Lipinski definition) is 2. The minimum atomic E-state index is -0.906. The number of carboxylic acids is 1. The molecule has 27 heavy (non-hydrogen) atoms. The fourth-order valence-electron chi connectivity index (χ4n) is 2.59. The number of carbonyl (C=O) groups is 1. The van der Waals surface area contributed by atoms with Crippen LogP contribution in [0, 0.1) is 0 Å². The van der Waals surface area contributed by atoms with Crippen LogP contribution in [0.1, 0.15) is 27.0 Å². The van der Waals surface area contributed by atoms with Gasteiger partial charge in [-0.2, -0.15) is 0 Å². The Bertz CT molecular complexity index is 919. The van der Waals surface area contributed by atoms with Crippen molar-refractivity contribution in [3.05, 3.63) is 95.3 Å². The molecule has 0 saturated heterocycles. The van der Waals surface area contributed by atoms with Crippen molar-refractivity contribution in [1.29, 1.82) is 0 Å². The molecule has 138 valence electrons. The summed E-state index contributed by atoms with van der Waals surface area (Å²) in [6.07, 6.45) is 8.13. The lowest BCUT2D eigenvalue weighted by Gasteiger charge is -2.01. The summed E-state index contributed by atoms with van der Waals surface area (Å²) in [5.41, 5.74) is 3.54. The molecule has 0 saturated carbocycles. The van der Waals surface area contributed by atoms with E-state index >= 15 is 0 Å². The SMILES string of the molecule is COc1cccc(/C=C\c2cc[n+](Cc3ccc(C(=O)O)cc3)cc2)c1.[Cl-]. The summed E-state index contributed by atoms with van der Waals surface area (Å²) in [6, 6.07) is 18.9. The highest BCUT2D eigenvalue weighted by molar-refractivity contribution is 5.87. The van der Waals surface area contributed by atoms with E-state index < -0.39 is 5.97 Å². The van der Waals surface area contributed by atoms with E-state index in [0.717, 1.165) is 22.4 Å². The fraction of sp³-hybridized carbons (Fsp3) is 0.0909. The summed E-state index contributed by atoms with van der Waals surface area (Å²) < 4.78 is 7.28. The van der Waals surface area contributed by atoms with Crippen LogP contribution in [0.4, 0.5) is 0 Å². The molecule has 0 aliphatic carbocycles. The average Bonchev–Trinajstić information content (AvgIpc) is 2.68. The van der Waals surface area contributed by atoms with E-state index in [0.29, 0.717) is 12.1 Å². The van der Waals surface area contributed by atoms with E-state index in [9.17, 15) is 4.79 Å². The van der Waals surface area contributed by atoms with E-state index in [1.54, 1.807) is 19.2 Å². The number of rotatable bonds is 6. The van der Waals surface area contributed by atoms with Gasteiger partial charge in [0.05, 0.1) is 12.7 Å². The van der Waals surface area contributed by atoms with Crippen molar-refractivity contribution in [2.45, 2.75) is 6.54 Å². The molecule has 0 aliphatic heterocycles. The smallest absolute Gasteiger partial charge is 0.335 e. The summed E-state index contributed by atoms with van der Waals surface area (Å²) in [7, 11) is 1.66. The van der Waals surface area contributed by atoms with Gasteiger partial charge in [-0.15, -0.1) is 0 Å². The summed E-state index contributed by atoms with van der Waals surface area (Å²) in [6.45, 7) is 0.694. The van der Waals surface area contributed by atoms with Crippen LogP contribution in [-0.4, -0.2) is 18.2 Å². The van der Waals surface area contributed by atoms with Crippen LogP contribution >= 0.6 is 0 Å². The van der Waals surface area contributed by atoms with Crippen molar-refractivity contribution in [3.63, 3.8) is 0 Å². The van der Waals surface area contributed by atoms with E-state index in [2.05, 4.69) is 10.6 Å². The van der Waals surface area contributed by atoms with Gasteiger partial charge in [0.2, 0.25) is 0 Å². The third-order valence-corrected chi connectivity index (χ3v) is 4.04. The van der Waals surface area contributed by atoms with Crippen LogP contribution in [0.2, 0.25) is 0 Å². The highest BCUT2D eigenvalue weighted by atomic mass is 35.5. The summed E-state index contributed by atoms with van der Waals surface area (Å²) >= 11 is 0. The average molecular weight is 382 g/mol. The Kier molecular flexibility index (Phi) is 7.15. The van der Waals surface area contributed by atoms with E-state index in [4.69, 9.17) is 9.84 Å². The van der Waals surface area contributed by atoms with Gasteiger partial charge in [-0.3, -0.25) is 0 Å². The second kappa shape index (κ2) is 9.55. The predicted molar refractivity (Wildman–Crippen MR) is 101 cm³/mol. The molecule has 3 rings (SSSR count). The van der Waals surface area contributed by atoms with Gasteiger partial charge in [0.15, 0.2) is 18.9 Å². The summed E-state index contributed by atoms with van der Waals surface area (Å²) in [5, 5.41) is 8.94. The third kappa shape index (κ3) is 5.69. The number of ether oxygens (including phenoxy) is 1. The Morgan fingerprint density at radius 3 is 2.30 bits per heavy atom. The maximum atomic E-state index is 10.9. The van der Waals surface area contributed by atoms with E-state index in [-0.39, 0.29) is 12.4 Å². The van der Waals surface area contributed by atoms with Crippen LogP contribution < -0.4 is 21.7 Å². The molecule has 1 heterocycles. The van der Waals surface area contributed by atoms with Crippen molar-refractivity contribution in [2.75, 3.05) is 7.11 Å². The Balaban J connectivity index is 0.00000261. The summed E-state index contributed by atoms with van der Waals surface area (Å²) in [4.78, 5) is 10.9. The normalized spacial score (nSPS) is 10.4. The molecule has 0 atom stereocenters. The number of hydrogen-bond donors (Lipinski definition) is 1. The van der Waals surface area contributed by atoms with Gasteiger partial charge in [0.25, 0.3) is 0 Å². The highest BCUT2D eigenvalue weighted by Crippen LogP contribution is 2.15. The van der Waals surface area contributed by atoms with Crippen molar-refractivity contribution in [3.8, 4) is 5.75 Å². The molecule has 5 heteroatoms. The molecule has 0 aliphatic rings. The topological polar surface area (TPSA) is 50.4 Å². The van der Waals surface area contributed by atoms with E-state index in [1.165, 1.54) is 0 Å². The second-order valence-corrected chi connectivity index (χ2v) is 5.92. The monoisotopic (exact) mass is 381 g/mol. The Labute approximate surface area is 164 Å². The predicted octanol–water partition coefficient (Wildman–Crippen LogP) is 0.904. The first-order valence-electron chi connectivity index (χ1n) is 8.27. The molecule has 0 fully saturated rings. The van der Waals surface area contributed by atoms with Gasteiger partial charge in [0, 0.05) is 17.7 Å². The maximum Gasteiger partial charge on any atom is 0.335 e. The van der Waals surface area contributed by atoms with Gasteiger partial charge in [-0.1, -0.05) is 36.4 Å². The first kappa shape index (κ1) is 20.2. The number of nitrogens with zero attached hydrogens (tertiary/aromatic N) is 1. The van der Waals surface area contributed by atoms with E-state index in [1.807, 2.05) is 67.0 Å². The number of aromatic nitrogens is 1. The molecule has 0 unspecified atom stereocenters. The zero-order valence-corrected chi connectivity index (χ0v) is 15.6. The molecule has 1 aromatic heterocycles. The van der Waals surface area contributed by atoms with Gasteiger partial charge in [-0.25, -0.2) is 9.36 Å². The van der Waals surface area contributed by atoms with Crippen LogP contribution in [0.5, 0.6) is 5.75 Å². The molecule has 0 bridgehead atoms. The molecule has 0 radical (unpaired) electrons. The Hall–Kier alpha value is -3.11. The zero-order chi connectivity index (χ0) is 18.4. The number of pyridine rings is 1. The van der Waals surface area contributed by atoms with Crippen molar-refractivity contribution < 1.29 is 31.6 Å². The van der Waals surface area contributed by atoms with Crippen LogP contribution in [0.25, 0.3) is 12.2 Å². The quantitative estimate of drug-likeness (QED) is 0.646. The molecule has 3 aromatic rings. The molecule has 0 spiro atoms. The molecule has 1 N–H and O–H groups in total. The first-order valence-corrected chi connectivity index (χ1v) is 8.27. The number of aromatic carboxylic acids is 1. The van der Waals surface area contributed by atoms with Crippen molar-refractivity contribution in [2.24, 2.45) is 0 Å². The molecule has 4 nitrogen and oxygen atoms in total. The highest BCUT2D eigenvalue weighted by Gasteiger charge is 2.05. The minimum Gasteiger partial charge on any atom is -1.00 e. The zero-order valence-electron chi connectivity index (χ0n) is 14.9. The lowest BCUT2D eigenvalue weighted by atomic mass is 10.1. The van der Waals surface area contributed by atoms with Gasteiger partial charge in [0.1, 0.15) is 5.75 Å². The van der Waals surface area contributed by atoms with Crippen LogP contribution in [0.15, 0.2) is 73.1 Å². The van der Waals surface area contributed by atoms with Crippen LogP contribution in [0.3, 0.4) is 0 Å². The Morgan fingerprint density at radius 1 is 1.00 bits per heavy atom. The second-order valence-electron chi connectivity index (χ2n) is 5.92. The van der Waals surface area contributed by atoms with Gasteiger partial charge >= 0.3 is 5.97 Å². The number of methoxy groups -OCH3 is 1. The fourth-order valence-corrected chi connectivity index (χ4v) is 2.59. The number of halogens is 1. The molecular formula is C22H20ClNO3. The maximum absolute atomic E-state index is 10.9. The first-order chi connectivity index (χ1) is 12.6. The summed E-state index contributed by atoms with van der Waals surface area (Å²) in [5.74, 6) is -0.0663. The number of benzene rings is 2. The molecular weight excluding hydrogens is 362 g/mol. The number of carboxylic acid groups (broad SMARTS) is 1. The van der Waals surface area contributed by atoms with Gasteiger partial charge in [-0.05, 0) is 35.4 Å². The minimum absolute atomic E-state index is 0. The van der Waals surface area contributed by atoms with Crippen LogP contribution in [-0.2, 0) is 6.54 Å². The lowest BCUT2D eigenvalue weighted by molar-refractivity contribution is -0.688. The van der Waals surface area contributed by atoms with Crippen molar-refractivity contribution in [1.82, 2.24) is 0 Å². The molecule has 2 aromatic carbocycles. The third-order valence-electron chi connectivity index (χ3n) is 4.04.